The fraction of sp³-hybridized carbons (Fsp3) is 0.429. The smallest absolute Gasteiger partial charge is 0.347 e. The number of hydrogen-bond acceptors (Lipinski definition) is 6. The summed E-state index contributed by atoms with van der Waals surface area (Å²) in [6, 6.07) is -0.353. The first-order chi connectivity index (χ1) is 10.3. The van der Waals surface area contributed by atoms with Gasteiger partial charge in [-0.1, -0.05) is 13.8 Å². The molecule has 6 nitrogen and oxygen atoms in total. The van der Waals surface area contributed by atoms with Gasteiger partial charge in [0.15, 0.2) is 0 Å². The normalized spacial score (nSPS) is 12.4. The number of carboxylic acids is 1. The van der Waals surface area contributed by atoms with Gasteiger partial charge in [0.25, 0.3) is 5.91 Å². The Balaban J connectivity index is 2.10. The number of carbonyl (C=O) groups excluding carboxylic acids is 1. The van der Waals surface area contributed by atoms with Gasteiger partial charge in [-0.2, -0.15) is 0 Å². The highest BCUT2D eigenvalue weighted by atomic mass is 32.1. The van der Waals surface area contributed by atoms with E-state index in [1.54, 1.807) is 20.0 Å². The first-order valence-electron chi connectivity index (χ1n) is 6.76. The molecular formula is C14H17N3O3S2. The number of carboxylic acid groups (broad SMARTS) is 1. The molecule has 0 aromatic carbocycles. The second kappa shape index (κ2) is 6.53. The lowest BCUT2D eigenvalue weighted by atomic mass is 10.2. The minimum Gasteiger partial charge on any atom is -0.477 e. The summed E-state index contributed by atoms with van der Waals surface area (Å²) in [5, 5.41) is 13.4. The molecule has 2 rings (SSSR count). The molecule has 1 atom stereocenters. The number of aromatic nitrogens is 2. The van der Waals surface area contributed by atoms with Gasteiger partial charge in [-0.3, -0.25) is 4.79 Å². The average molecular weight is 339 g/mol. The van der Waals surface area contributed by atoms with Crippen LogP contribution in [-0.4, -0.2) is 27.0 Å². The van der Waals surface area contributed by atoms with Crippen LogP contribution in [0.1, 0.15) is 67.8 Å². The quantitative estimate of drug-likeness (QED) is 0.872. The van der Waals surface area contributed by atoms with Crippen molar-refractivity contribution in [2.75, 3.05) is 0 Å². The van der Waals surface area contributed by atoms with E-state index in [0.717, 1.165) is 16.3 Å². The fourth-order valence-corrected chi connectivity index (χ4v) is 3.52. The molecule has 0 bridgehead atoms. The van der Waals surface area contributed by atoms with Gasteiger partial charge in [-0.15, -0.1) is 22.7 Å². The van der Waals surface area contributed by atoms with Crippen molar-refractivity contribution < 1.29 is 14.7 Å². The Morgan fingerprint density at radius 3 is 2.41 bits per heavy atom. The molecule has 0 aliphatic rings. The van der Waals surface area contributed by atoms with Crippen LogP contribution in [0.4, 0.5) is 0 Å². The Morgan fingerprint density at radius 2 is 1.91 bits per heavy atom. The van der Waals surface area contributed by atoms with Crippen molar-refractivity contribution in [3.8, 4) is 0 Å². The van der Waals surface area contributed by atoms with Gasteiger partial charge in [-0.05, 0) is 13.8 Å². The molecule has 8 heteroatoms. The zero-order valence-corrected chi connectivity index (χ0v) is 14.3. The summed E-state index contributed by atoms with van der Waals surface area (Å²) in [7, 11) is 0. The summed E-state index contributed by atoms with van der Waals surface area (Å²) < 4.78 is 0. The lowest BCUT2D eigenvalue weighted by molar-refractivity contribution is 0.0701. The number of rotatable bonds is 5. The van der Waals surface area contributed by atoms with Crippen molar-refractivity contribution in [2.24, 2.45) is 0 Å². The number of hydrogen-bond donors (Lipinski definition) is 2. The van der Waals surface area contributed by atoms with Crippen LogP contribution in [0.5, 0.6) is 0 Å². The lowest BCUT2D eigenvalue weighted by Gasteiger charge is -2.09. The molecule has 2 aromatic heterocycles. The SMILES string of the molecule is Cc1nc(C(C)NC(=O)c2cnc(C(C)C)s2)sc1C(=O)O. The molecule has 0 spiro atoms. The minimum atomic E-state index is -0.996. The van der Waals surface area contributed by atoms with E-state index in [-0.39, 0.29) is 22.7 Å². The Labute approximate surface area is 136 Å². The molecule has 0 aliphatic carbocycles. The van der Waals surface area contributed by atoms with Crippen LogP contribution in [0.3, 0.4) is 0 Å². The second-order valence-corrected chi connectivity index (χ2v) is 7.28. The van der Waals surface area contributed by atoms with E-state index in [9.17, 15) is 9.59 Å². The van der Waals surface area contributed by atoms with E-state index < -0.39 is 5.97 Å². The fourth-order valence-electron chi connectivity index (χ4n) is 1.79. The highest BCUT2D eigenvalue weighted by molar-refractivity contribution is 7.14. The molecule has 1 amide bonds. The highest BCUT2D eigenvalue weighted by Crippen LogP contribution is 2.25. The van der Waals surface area contributed by atoms with Gasteiger partial charge in [0, 0.05) is 5.92 Å². The third-order valence-corrected chi connectivity index (χ3v) is 5.59. The molecule has 1 unspecified atom stereocenters. The average Bonchev–Trinajstić information content (AvgIpc) is 3.04. The molecule has 22 heavy (non-hydrogen) atoms. The number of nitrogens with one attached hydrogen (secondary N) is 1. The zero-order chi connectivity index (χ0) is 16.4. The maximum absolute atomic E-state index is 12.2. The third kappa shape index (κ3) is 3.50. The van der Waals surface area contributed by atoms with Crippen LogP contribution in [0.15, 0.2) is 6.20 Å². The van der Waals surface area contributed by atoms with Crippen molar-refractivity contribution in [2.45, 2.75) is 39.7 Å². The summed E-state index contributed by atoms with van der Waals surface area (Å²) in [6.45, 7) is 7.48. The summed E-state index contributed by atoms with van der Waals surface area (Å²) >= 11 is 2.45. The predicted octanol–water partition coefficient (Wildman–Crippen LogP) is 3.22. The Morgan fingerprint density at radius 1 is 1.23 bits per heavy atom. The predicted molar refractivity (Wildman–Crippen MR) is 85.9 cm³/mol. The first kappa shape index (κ1) is 16.6. The molecule has 0 saturated carbocycles. The molecule has 2 heterocycles. The van der Waals surface area contributed by atoms with Gasteiger partial charge in [0.1, 0.15) is 14.8 Å². The van der Waals surface area contributed by atoms with Crippen LogP contribution in [0.25, 0.3) is 0 Å². The van der Waals surface area contributed by atoms with Gasteiger partial charge < -0.3 is 10.4 Å². The molecule has 0 aliphatic heterocycles. The summed E-state index contributed by atoms with van der Waals surface area (Å²) in [4.78, 5) is 32.5. The molecule has 2 aromatic rings. The van der Waals surface area contributed by atoms with Gasteiger partial charge in [0.05, 0.1) is 22.9 Å². The van der Waals surface area contributed by atoms with E-state index in [2.05, 4.69) is 15.3 Å². The molecule has 2 N–H and O–H groups in total. The lowest BCUT2D eigenvalue weighted by Crippen LogP contribution is -2.25. The zero-order valence-electron chi connectivity index (χ0n) is 12.7. The molecule has 0 fully saturated rings. The van der Waals surface area contributed by atoms with Crippen molar-refractivity contribution in [1.82, 2.24) is 15.3 Å². The number of carbonyl (C=O) groups is 2. The van der Waals surface area contributed by atoms with E-state index in [1.165, 1.54) is 11.3 Å². The number of amides is 1. The Hall–Kier alpha value is -1.80. The van der Waals surface area contributed by atoms with Crippen molar-refractivity contribution >= 4 is 34.6 Å². The maximum Gasteiger partial charge on any atom is 0.347 e. The van der Waals surface area contributed by atoms with Gasteiger partial charge in [0.2, 0.25) is 0 Å². The number of aryl methyl sites for hydroxylation is 1. The third-order valence-electron chi connectivity index (χ3n) is 2.97. The van der Waals surface area contributed by atoms with Crippen molar-refractivity contribution in [1.29, 1.82) is 0 Å². The van der Waals surface area contributed by atoms with Gasteiger partial charge >= 0.3 is 5.97 Å². The second-order valence-electron chi connectivity index (χ2n) is 5.18. The molecule has 0 saturated heterocycles. The van der Waals surface area contributed by atoms with E-state index >= 15 is 0 Å². The Bertz CT molecular complexity index is 706. The summed E-state index contributed by atoms with van der Waals surface area (Å²) in [5.74, 6) is -0.936. The summed E-state index contributed by atoms with van der Waals surface area (Å²) in [6.07, 6.45) is 1.57. The largest absolute Gasteiger partial charge is 0.477 e. The number of aromatic carboxylic acids is 1. The van der Waals surface area contributed by atoms with Crippen LogP contribution < -0.4 is 5.32 Å². The molecule has 0 radical (unpaired) electrons. The first-order valence-corrected chi connectivity index (χ1v) is 8.40. The van der Waals surface area contributed by atoms with Crippen LogP contribution in [0, 0.1) is 6.92 Å². The monoisotopic (exact) mass is 339 g/mol. The standard InChI is InChI=1S/C14H17N3O3S2/c1-6(2)12-15-5-9(21-12)11(18)16-8(4)13-17-7(3)10(22-13)14(19)20/h5-6,8H,1-4H3,(H,16,18)(H,19,20). The Kier molecular flexibility index (Phi) is 4.92. The number of nitrogens with zero attached hydrogens (tertiary/aromatic N) is 2. The van der Waals surface area contributed by atoms with Crippen LogP contribution >= 0.6 is 22.7 Å². The van der Waals surface area contributed by atoms with E-state index in [1.807, 2.05) is 13.8 Å². The highest BCUT2D eigenvalue weighted by Gasteiger charge is 2.20. The van der Waals surface area contributed by atoms with Crippen LogP contribution in [0.2, 0.25) is 0 Å². The number of thiazole rings is 2. The van der Waals surface area contributed by atoms with Gasteiger partial charge in [-0.25, -0.2) is 14.8 Å². The van der Waals surface area contributed by atoms with Crippen molar-refractivity contribution in [3.05, 3.63) is 31.7 Å². The van der Waals surface area contributed by atoms with E-state index in [4.69, 9.17) is 5.11 Å². The summed E-state index contributed by atoms with van der Waals surface area (Å²) in [5.41, 5.74) is 0.466. The molecular weight excluding hydrogens is 322 g/mol. The van der Waals surface area contributed by atoms with E-state index in [0.29, 0.717) is 15.6 Å². The van der Waals surface area contributed by atoms with Crippen molar-refractivity contribution in [3.63, 3.8) is 0 Å². The topological polar surface area (TPSA) is 92.2 Å². The maximum atomic E-state index is 12.2. The minimum absolute atomic E-state index is 0.205. The molecule has 118 valence electrons. The van der Waals surface area contributed by atoms with Crippen LogP contribution in [-0.2, 0) is 0 Å².